The van der Waals surface area contributed by atoms with E-state index >= 15 is 0 Å². The van der Waals surface area contributed by atoms with E-state index in [-0.39, 0.29) is 0 Å². The van der Waals surface area contributed by atoms with Crippen LogP contribution in [0.3, 0.4) is 0 Å². The van der Waals surface area contributed by atoms with Gasteiger partial charge in [0.15, 0.2) is 0 Å². The summed E-state index contributed by atoms with van der Waals surface area (Å²) in [6, 6.07) is 2.30. The van der Waals surface area contributed by atoms with Crippen LogP contribution in [0, 0.1) is 35.0 Å². The third-order valence-electron chi connectivity index (χ3n) is 12.9. The summed E-state index contributed by atoms with van der Waals surface area (Å²) in [5, 5.41) is 0. The largest absolute Gasteiger partial charge is 0.301 e. The van der Waals surface area contributed by atoms with Crippen LogP contribution in [0.25, 0.3) is 0 Å². The number of fused-ring (bicyclic) bond motifs is 1. The maximum absolute atomic E-state index is 2.65. The Bertz CT molecular complexity index is 693. The van der Waals surface area contributed by atoms with Gasteiger partial charge >= 0.3 is 0 Å². The van der Waals surface area contributed by atoms with Crippen molar-refractivity contribution in [1.82, 2.24) is 14.7 Å². The van der Waals surface area contributed by atoms with Gasteiger partial charge in [0.1, 0.15) is 0 Å². The highest BCUT2D eigenvalue weighted by atomic mass is 15.2. The number of nitrogens with zero attached hydrogens (tertiary/aromatic N) is 3. The number of hydrogen-bond acceptors (Lipinski definition) is 3. The molecule has 6 aliphatic rings. The van der Waals surface area contributed by atoms with Gasteiger partial charge in [-0.3, -0.25) is 0 Å². The highest BCUT2D eigenvalue weighted by molar-refractivity contribution is 4.91. The fraction of sp³-hybridized carbons (Fsp3) is 1.00. The predicted molar refractivity (Wildman–Crippen MR) is 191 cm³/mol. The van der Waals surface area contributed by atoms with E-state index in [1.54, 1.807) is 0 Å². The summed E-state index contributed by atoms with van der Waals surface area (Å²) in [4.78, 5) is 7.88. The number of likely N-dealkylation sites (tertiary alicyclic amines) is 3. The van der Waals surface area contributed by atoms with E-state index in [4.69, 9.17) is 0 Å². The number of hydrogen-bond donors (Lipinski definition) is 0. The average Bonchev–Trinajstić information content (AvgIpc) is 3.74. The summed E-state index contributed by atoms with van der Waals surface area (Å²) in [5.74, 6) is 5.09. The van der Waals surface area contributed by atoms with Crippen molar-refractivity contribution in [3.63, 3.8) is 0 Å². The van der Waals surface area contributed by atoms with Gasteiger partial charge in [-0.05, 0) is 161 Å². The van der Waals surface area contributed by atoms with Gasteiger partial charge in [0.05, 0.1) is 0 Å². The molecule has 0 radical (unpaired) electrons. The zero-order valence-electron chi connectivity index (χ0n) is 31.0. The molecule has 0 amide bonds. The monoisotopic (exact) mass is 602 g/mol. The van der Waals surface area contributed by atoms with Gasteiger partial charge in [0.2, 0.25) is 0 Å². The maximum Gasteiger partial charge on any atom is 0.00388 e. The van der Waals surface area contributed by atoms with Gasteiger partial charge in [-0.25, -0.2) is 0 Å². The van der Waals surface area contributed by atoms with Crippen LogP contribution in [0.2, 0.25) is 0 Å². The standard InChI is InChI=1S/C12H23N.C10H19N.C9H19N.C9H18/c1-11(2)13-9-7-12(8-10-13)5-3-4-6-12;1-8(2)11-6-9-4-3-5-10(9)7-11;1-9(2)10-7-5-3-4-6-8-10;1-7(2)9-6-4-5-8(9)3/h11H,3-10H2,1-2H3;8-10H,3-7H2,1-2H3;9H,3-8H2,1-2H3;7-9H,4-6H2,1-3H3. The summed E-state index contributed by atoms with van der Waals surface area (Å²) in [5.41, 5.74) is 0.797. The Kier molecular flexibility index (Phi) is 16.4. The zero-order chi connectivity index (χ0) is 31.4. The molecule has 3 aliphatic carbocycles. The highest BCUT2D eigenvalue weighted by Crippen LogP contribution is 2.46. The van der Waals surface area contributed by atoms with Crippen LogP contribution >= 0.6 is 0 Å². The topological polar surface area (TPSA) is 9.72 Å². The van der Waals surface area contributed by atoms with Crippen molar-refractivity contribution in [1.29, 1.82) is 0 Å². The highest BCUT2D eigenvalue weighted by Gasteiger charge is 2.37. The summed E-state index contributed by atoms with van der Waals surface area (Å²) < 4.78 is 0. The van der Waals surface area contributed by atoms with Crippen LogP contribution in [-0.4, -0.2) is 72.1 Å². The molecule has 3 nitrogen and oxygen atoms in total. The molecule has 0 aromatic carbocycles. The van der Waals surface area contributed by atoms with E-state index in [2.05, 4.69) is 77.0 Å². The molecule has 0 bridgehead atoms. The van der Waals surface area contributed by atoms with Crippen molar-refractivity contribution in [3.8, 4) is 0 Å². The van der Waals surface area contributed by atoms with Crippen molar-refractivity contribution in [3.05, 3.63) is 0 Å². The fourth-order valence-electron chi connectivity index (χ4n) is 9.61. The number of piperidine rings is 1. The summed E-state index contributed by atoms with van der Waals surface area (Å²) >= 11 is 0. The SMILES string of the molecule is CC(C)C1CCCC1C.CC(C)N1CC2CCCC2C1.CC(C)N1CCC2(CCCC2)CC1.CC(C)N1CCCCCC1. The molecular weight excluding hydrogens is 522 g/mol. The Morgan fingerprint density at radius 3 is 1.33 bits per heavy atom. The quantitative estimate of drug-likeness (QED) is 0.317. The molecule has 0 aromatic heterocycles. The first-order chi connectivity index (χ1) is 20.5. The van der Waals surface area contributed by atoms with Crippen molar-refractivity contribution < 1.29 is 0 Å². The van der Waals surface area contributed by atoms with E-state index in [0.29, 0.717) is 0 Å². The minimum atomic E-state index is 0.762. The first kappa shape index (κ1) is 37.3. The molecule has 6 rings (SSSR count). The normalized spacial score (nSPS) is 31.5. The van der Waals surface area contributed by atoms with Gasteiger partial charge in [-0.2, -0.15) is 0 Å². The average molecular weight is 602 g/mol. The van der Waals surface area contributed by atoms with E-state index < -0.39 is 0 Å². The lowest BCUT2D eigenvalue weighted by molar-refractivity contribution is 0.0871. The molecule has 0 aromatic rings. The maximum atomic E-state index is 2.65. The second-order valence-electron chi connectivity index (χ2n) is 17.2. The lowest BCUT2D eigenvalue weighted by atomic mass is 9.77. The Hall–Kier alpha value is -0.120. The van der Waals surface area contributed by atoms with E-state index in [9.17, 15) is 0 Å². The Morgan fingerprint density at radius 1 is 0.465 bits per heavy atom. The fourth-order valence-corrected chi connectivity index (χ4v) is 9.61. The van der Waals surface area contributed by atoms with E-state index in [0.717, 1.165) is 53.1 Å². The Balaban J connectivity index is 0.000000159. The van der Waals surface area contributed by atoms with Crippen molar-refractivity contribution in [2.24, 2.45) is 35.0 Å². The summed E-state index contributed by atoms with van der Waals surface area (Å²) in [6.45, 7) is 29.2. The molecule has 3 saturated heterocycles. The molecule has 3 aliphatic heterocycles. The van der Waals surface area contributed by atoms with Crippen LogP contribution in [0.1, 0.15) is 165 Å². The number of rotatable bonds is 4. The van der Waals surface area contributed by atoms with Crippen LogP contribution in [0.15, 0.2) is 0 Å². The van der Waals surface area contributed by atoms with E-state index in [1.165, 1.54) is 142 Å². The lowest BCUT2D eigenvalue weighted by Gasteiger charge is -2.41. The van der Waals surface area contributed by atoms with Gasteiger partial charge in [-0.15, -0.1) is 0 Å². The predicted octanol–water partition coefficient (Wildman–Crippen LogP) is 10.5. The minimum Gasteiger partial charge on any atom is -0.301 e. The lowest BCUT2D eigenvalue weighted by Crippen LogP contribution is -2.42. The van der Waals surface area contributed by atoms with Crippen LogP contribution in [0.4, 0.5) is 0 Å². The Labute approximate surface area is 271 Å². The third-order valence-corrected chi connectivity index (χ3v) is 12.9. The van der Waals surface area contributed by atoms with Gasteiger partial charge < -0.3 is 14.7 Å². The third kappa shape index (κ3) is 12.2. The van der Waals surface area contributed by atoms with Crippen LogP contribution in [0.5, 0.6) is 0 Å². The molecule has 254 valence electrons. The summed E-state index contributed by atoms with van der Waals surface area (Å²) in [6.07, 6.45) is 23.7. The van der Waals surface area contributed by atoms with Crippen molar-refractivity contribution in [2.75, 3.05) is 39.3 Å². The first-order valence-electron chi connectivity index (χ1n) is 19.7. The molecule has 6 fully saturated rings. The smallest absolute Gasteiger partial charge is 0.00388 e. The van der Waals surface area contributed by atoms with Crippen molar-refractivity contribution in [2.45, 2.75) is 183 Å². The van der Waals surface area contributed by atoms with Crippen LogP contribution in [-0.2, 0) is 0 Å². The zero-order valence-corrected chi connectivity index (χ0v) is 31.0. The summed E-state index contributed by atoms with van der Waals surface area (Å²) in [7, 11) is 0. The van der Waals surface area contributed by atoms with Crippen LogP contribution < -0.4 is 0 Å². The molecule has 43 heavy (non-hydrogen) atoms. The second-order valence-corrected chi connectivity index (χ2v) is 17.2. The molecule has 0 N–H and O–H groups in total. The minimum absolute atomic E-state index is 0.762. The molecule has 3 heterocycles. The van der Waals surface area contributed by atoms with Gasteiger partial charge in [-0.1, -0.05) is 65.7 Å². The molecule has 3 heteroatoms. The first-order valence-corrected chi connectivity index (χ1v) is 19.7. The van der Waals surface area contributed by atoms with E-state index in [1.807, 2.05) is 0 Å². The Morgan fingerprint density at radius 2 is 0.930 bits per heavy atom. The van der Waals surface area contributed by atoms with Crippen molar-refractivity contribution >= 4 is 0 Å². The molecule has 4 unspecified atom stereocenters. The molecular formula is C40H79N3. The van der Waals surface area contributed by atoms with Gasteiger partial charge in [0.25, 0.3) is 0 Å². The molecule has 3 saturated carbocycles. The van der Waals surface area contributed by atoms with Gasteiger partial charge in [0, 0.05) is 31.2 Å². The molecule has 1 spiro atoms. The molecule has 4 atom stereocenters. The second kappa shape index (κ2) is 18.9.